The molecule has 2 N–H and O–H groups in total. The minimum Gasteiger partial charge on any atom is -0.371 e. The zero-order chi connectivity index (χ0) is 11.1. The summed E-state index contributed by atoms with van der Waals surface area (Å²) in [7, 11) is 0. The van der Waals surface area contributed by atoms with Crippen LogP contribution < -0.4 is 5.73 Å². The Hall–Kier alpha value is -0.610. The third-order valence-corrected chi connectivity index (χ3v) is 3.65. The van der Waals surface area contributed by atoms with Crippen molar-refractivity contribution in [2.45, 2.75) is 25.9 Å². The van der Waals surface area contributed by atoms with E-state index in [4.69, 9.17) is 10.5 Å². The fourth-order valence-electron chi connectivity index (χ4n) is 2.69. The molecule has 0 aromatic heterocycles. The maximum atomic E-state index is 11.9. The van der Waals surface area contributed by atoms with Gasteiger partial charge in [-0.15, -0.1) is 0 Å². The van der Waals surface area contributed by atoms with Gasteiger partial charge < -0.3 is 15.4 Å². The highest BCUT2D eigenvalue weighted by Gasteiger charge is 2.51. The lowest BCUT2D eigenvalue weighted by molar-refractivity contribution is -0.134. The second kappa shape index (κ2) is 3.76. The lowest BCUT2D eigenvalue weighted by Crippen LogP contribution is -2.45. The third-order valence-electron chi connectivity index (χ3n) is 3.65. The molecule has 0 radical (unpaired) electrons. The summed E-state index contributed by atoms with van der Waals surface area (Å²) >= 11 is 0. The lowest BCUT2D eigenvalue weighted by Gasteiger charge is -2.26. The fraction of sp³-hybridized carbons (Fsp3) is 0.909. The quantitative estimate of drug-likeness (QED) is 0.712. The summed E-state index contributed by atoms with van der Waals surface area (Å²) in [6.07, 6.45) is 1.04. The lowest BCUT2D eigenvalue weighted by atomic mass is 9.91. The summed E-state index contributed by atoms with van der Waals surface area (Å²) in [6, 6.07) is 0. The van der Waals surface area contributed by atoms with E-state index < -0.39 is 0 Å². The Morgan fingerprint density at radius 3 is 2.93 bits per heavy atom. The van der Waals surface area contributed by atoms with Crippen LogP contribution in [0, 0.1) is 11.8 Å². The van der Waals surface area contributed by atoms with Crippen molar-refractivity contribution in [3.63, 3.8) is 0 Å². The maximum Gasteiger partial charge on any atom is 0.225 e. The van der Waals surface area contributed by atoms with Gasteiger partial charge in [-0.3, -0.25) is 4.79 Å². The molecule has 0 spiro atoms. The Balaban J connectivity index is 2.08. The number of hydrogen-bond acceptors (Lipinski definition) is 3. The van der Waals surface area contributed by atoms with Gasteiger partial charge in [0.25, 0.3) is 0 Å². The normalized spacial score (nSPS) is 34.9. The number of carbonyl (C=O) groups excluding carboxylic acids is 1. The van der Waals surface area contributed by atoms with Gasteiger partial charge >= 0.3 is 0 Å². The van der Waals surface area contributed by atoms with Gasteiger partial charge in [0.05, 0.1) is 6.54 Å². The largest absolute Gasteiger partial charge is 0.371 e. The van der Waals surface area contributed by atoms with E-state index >= 15 is 0 Å². The Kier molecular flexibility index (Phi) is 2.73. The minimum absolute atomic E-state index is 0.0682. The highest BCUT2D eigenvalue weighted by molar-refractivity contribution is 5.78. The molecule has 2 unspecified atom stereocenters. The number of fused-ring (bicyclic) bond motifs is 1. The average molecular weight is 212 g/mol. The van der Waals surface area contributed by atoms with Gasteiger partial charge in [-0.25, -0.2) is 0 Å². The molecule has 2 aliphatic rings. The minimum atomic E-state index is -0.232. The number of nitrogens with two attached hydrogens (primary N) is 1. The molecule has 2 aliphatic heterocycles. The van der Waals surface area contributed by atoms with Gasteiger partial charge in [0.1, 0.15) is 5.60 Å². The van der Waals surface area contributed by atoms with E-state index in [2.05, 4.69) is 0 Å². The molecule has 4 nitrogen and oxygen atoms in total. The number of carbonyl (C=O) groups is 1. The Morgan fingerprint density at radius 1 is 1.67 bits per heavy atom. The molecule has 2 saturated heterocycles. The molecule has 0 aliphatic carbocycles. The van der Waals surface area contributed by atoms with Crippen LogP contribution in [-0.2, 0) is 9.53 Å². The molecule has 2 fully saturated rings. The highest BCUT2D eigenvalue weighted by atomic mass is 16.5. The first kappa shape index (κ1) is 10.9. The predicted molar refractivity (Wildman–Crippen MR) is 57.3 cm³/mol. The Labute approximate surface area is 90.8 Å². The number of rotatable bonds is 2. The molecule has 0 bridgehead atoms. The van der Waals surface area contributed by atoms with Crippen molar-refractivity contribution >= 4 is 5.91 Å². The van der Waals surface area contributed by atoms with Gasteiger partial charge in [0, 0.05) is 31.5 Å². The van der Waals surface area contributed by atoms with Crippen LogP contribution in [-0.4, -0.2) is 42.6 Å². The van der Waals surface area contributed by atoms with Gasteiger partial charge in [-0.2, -0.15) is 0 Å². The van der Waals surface area contributed by atoms with Crippen molar-refractivity contribution in [3.8, 4) is 0 Å². The van der Waals surface area contributed by atoms with E-state index in [1.165, 1.54) is 0 Å². The van der Waals surface area contributed by atoms with E-state index in [1.807, 2.05) is 18.7 Å². The van der Waals surface area contributed by atoms with Crippen molar-refractivity contribution in [1.29, 1.82) is 0 Å². The smallest absolute Gasteiger partial charge is 0.225 e. The second-order valence-corrected chi connectivity index (χ2v) is 4.98. The molecule has 0 aromatic rings. The topological polar surface area (TPSA) is 55.6 Å². The van der Waals surface area contributed by atoms with Gasteiger partial charge in [-0.05, 0) is 6.42 Å². The van der Waals surface area contributed by atoms with Crippen LogP contribution in [0.2, 0.25) is 0 Å². The molecule has 2 heterocycles. The summed E-state index contributed by atoms with van der Waals surface area (Å²) in [5, 5.41) is 0. The van der Waals surface area contributed by atoms with Crippen LogP contribution >= 0.6 is 0 Å². The Bertz CT molecular complexity index is 267. The van der Waals surface area contributed by atoms with Gasteiger partial charge in [0.15, 0.2) is 0 Å². The van der Waals surface area contributed by atoms with Crippen LogP contribution in [0.4, 0.5) is 0 Å². The fourth-order valence-corrected chi connectivity index (χ4v) is 2.69. The van der Waals surface area contributed by atoms with E-state index in [1.54, 1.807) is 0 Å². The van der Waals surface area contributed by atoms with Crippen molar-refractivity contribution in [2.24, 2.45) is 17.6 Å². The Morgan fingerprint density at radius 2 is 2.40 bits per heavy atom. The number of likely N-dealkylation sites (tertiary alicyclic amines) is 1. The molecule has 15 heavy (non-hydrogen) atoms. The van der Waals surface area contributed by atoms with E-state index in [0.29, 0.717) is 19.0 Å². The van der Waals surface area contributed by atoms with Gasteiger partial charge in [0.2, 0.25) is 5.91 Å². The van der Waals surface area contributed by atoms with Crippen LogP contribution in [0.5, 0.6) is 0 Å². The van der Waals surface area contributed by atoms with Crippen molar-refractivity contribution in [3.05, 3.63) is 0 Å². The van der Waals surface area contributed by atoms with Crippen molar-refractivity contribution < 1.29 is 9.53 Å². The number of amides is 1. The summed E-state index contributed by atoms with van der Waals surface area (Å²) in [5.74, 6) is 0.740. The molecular weight excluding hydrogens is 192 g/mol. The summed E-state index contributed by atoms with van der Waals surface area (Å²) in [6.45, 7) is 6.71. The number of ether oxygens (including phenoxy) is 1. The molecule has 86 valence electrons. The van der Waals surface area contributed by atoms with E-state index in [-0.39, 0.29) is 17.4 Å². The zero-order valence-electron chi connectivity index (χ0n) is 9.53. The van der Waals surface area contributed by atoms with Crippen LogP contribution in [0.15, 0.2) is 0 Å². The standard InChI is InChI=1S/C11H20N2O2/c1-8(2)10(14)13-5-9-3-4-15-11(9,6-12)7-13/h8-9H,3-7,12H2,1-2H3. The van der Waals surface area contributed by atoms with E-state index in [0.717, 1.165) is 19.6 Å². The average Bonchev–Trinajstić information content (AvgIpc) is 2.72. The number of nitrogens with zero attached hydrogens (tertiary/aromatic N) is 1. The van der Waals surface area contributed by atoms with Crippen LogP contribution in [0.3, 0.4) is 0 Å². The SMILES string of the molecule is CC(C)C(=O)N1CC2CCOC2(CN)C1. The molecule has 0 saturated carbocycles. The maximum absolute atomic E-state index is 11.9. The molecular formula is C11H20N2O2. The first-order chi connectivity index (χ1) is 7.09. The molecule has 0 aromatic carbocycles. The van der Waals surface area contributed by atoms with Crippen molar-refractivity contribution in [2.75, 3.05) is 26.2 Å². The van der Waals surface area contributed by atoms with Crippen LogP contribution in [0.25, 0.3) is 0 Å². The van der Waals surface area contributed by atoms with Crippen LogP contribution in [0.1, 0.15) is 20.3 Å². The number of hydrogen-bond donors (Lipinski definition) is 1. The predicted octanol–water partition coefficient (Wildman–Crippen LogP) is 0.219. The second-order valence-electron chi connectivity index (χ2n) is 4.98. The third kappa shape index (κ3) is 1.66. The summed E-state index contributed by atoms with van der Waals surface area (Å²) < 4.78 is 5.75. The first-order valence-corrected chi connectivity index (χ1v) is 5.72. The summed E-state index contributed by atoms with van der Waals surface area (Å²) in [4.78, 5) is 13.8. The van der Waals surface area contributed by atoms with E-state index in [9.17, 15) is 4.79 Å². The van der Waals surface area contributed by atoms with Crippen molar-refractivity contribution in [1.82, 2.24) is 4.90 Å². The molecule has 1 amide bonds. The molecule has 4 heteroatoms. The molecule has 2 atom stereocenters. The first-order valence-electron chi connectivity index (χ1n) is 5.72. The summed E-state index contributed by atoms with van der Waals surface area (Å²) in [5.41, 5.74) is 5.55. The molecule has 2 rings (SSSR count). The zero-order valence-corrected chi connectivity index (χ0v) is 9.53. The monoisotopic (exact) mass is 212 g/mol. The highest BCUT2D eigenvalue weighted by Crippen LogP contribution is 2.38. The van der Waals surface area contributed by atoms with Gasteiger partial charge in [-0.1, -0.05) is 13.8 Å².